The molecule has 0 spiro atoms. The number of aliphatic hydroxyl groups excluding tert-OH is 6. The van der Waals surface area contributed by atoms with E-state index in [1.165, 1.54) is 40.6 Å². The Bertz CT molecular complexity index is 1590. The molecule has 0 unspecified atom stereocenters. The first-order valence-electron chi connectivity index (χ1n) is 14.4. The summed E-state index contributed by atoms with van der Waals surface area (Å²) < 4.78 is 45.4. The summed E-state index contributed by atoms with van der Waals surface area (Å²) in [7, 11) is 4.35. The highest BCUT2D eigenvalue weighted by atomic mass is 16.8. The van der Waals surface area contributed by atoms with Crippen molar-refractivity contribution in [1.82, 2.24) is 0 Å². The van der Waals surface area contributed by atoms with Gasteiger partial charge in [-0.15, -0.1) is 0 Å². The molecule has 0 saturated carbocycles. The molecule has 0 aliphatic carbocycles. The molecule has 2 aliphatic heterocycles. The molecule has 0 radical (unpaired) electrons. The van der Waals surface area contributed by atoms with Gasteiger partial charge in [-0.3, -0.25) is 4.79 Å². The molecule has 2 aliphatic rings. The minimum Gasteiger partial charge on any atom is -0.496 e. The van der Waals surface area contributed by atoms with Crippen LogP contribution in [0, 0.1) is 6.92 Å². The number of benzene rings is 2. The lowest BCUT2D eigenvalue weighted by Crippen LogP contribution is -2.64. The van der Waals surface area contributed by atoms with Crippen LogP contribution in [-0.4, -0.2) is 120 Å². The molecule has 3 aromatic rings. The number of aryl methyl sites for hydroxylation is 1. The average molecular weight is 651 g/mol. The van der Waals surface area contributed by atoms with Crippen LogP contribution >= 0.6 is 0 Å². The molecular weight excluding hydrogens is 612 g/mol. The Morgan fingerprint density at radius 3 is 2.13 bits per heavy atom. The van der Waals surface area contributed by atoms with Gasteiger partial charge in [-0.1, -0.05) is 6.07 Å². The van der Waals surface area contributed by atoms with Crippen LogP contribution in [0.15, 0.2) is 39.7 Å². The maximum absolute atomic E-state index is 14.1. The predicted molar refractivity (Wildman–Crippen MR) is 158 cm³/mol. The molecule has 0 bridgehead atoms. The van der Waals surface area contributed by atoms with Gasteiger partial charge < -0.3 is 68.2 Å². The predicted octanol–water partition coefficient (Wildman–Crippen LogP) is -0.175. The zero-order valence-electron chi connectivity index (χ0n) is 25.7. The van der Waals surface area contributed by atoms with E-state index in [9.17, 15) is 35.4 Å². The Morgan fingerprint density at radius 1 is 0.783 bits per heavy atom. The average Bonchev–Trinajstić information content (AvgIpc) is 3.06. The molecule has 46 heavy (non-hydrogen) atoms. The molecule has 252 valence electrons. The van der Waals surface area contributed by atoms with Crippen LogP contribution in [0.1, 0.15) is 12.5 Å². The van der Waals surface area contributed by atoms with Crippen molar-refractivity contribution in [2.45, 2.75) is 75.3 Å². The van der Waals surface area contributed by atoms with Gasteiger partial charge in [0, 0.05) is 11.6 Å². The third-order valence-electron chi connectivity index (χ3n) is 8.29. The Balaban J connectivity index is 1.60. The lowest BCUT2D eigenvalue weighted by atomic mass is 9.97. The quantitative estimate of drug-likeness (QED) is 0.177. The van der Waals surface area contributed by atoms with E-state index in [-0.39, 0.29) is 28.0 Å². The van der Waals surface area contributed by atoms with Crippen LogP contribution < -0.4 is 24.4 Å². The number of hydrogen-bond donors (Lipinski definition) is 6. The third kappa shape index (κ3) is 6.01. The summed E-state index contributed by atoms with van der Waals surface area (Å²) >= 11 is 0. The first-order valence-corrected chi connectivity index (χ1v) is 14.4. The lowest BCUT2D eigenvalue weighted by molar-refractivity contribution is -0.354. The van der Waals surface area contributed by atoms with Crippen molar-refractivity contribution in [3.8, 4) is 34.1 Å². The van der Waals surface area contributed by atoms with E-state index in [4.69, 9.17) is 37.6 Å². The van der Waals surface area contributed by atoms with Crippen LogP contribution in [0.3, 0.4) is 0 Å². The van der Waals surface area contributed by atoms with Crippen molar-refractivity contribution in [3.63, 3.8) is 0 Å². The molecule has 1 aromatic heterocycles. The molecule has 15 heteroatoms. The topological polar surface area (TPSA) is 216 Å². The molecule has 6 N–H and O–H groups in total. The van der Waals surface area contributed by atoms with E-state index < -0.39 is 73.4 Å². The molecule has 0 amide bonds. The Labute approximate surface area is 263 Å². The van der Waals surface area contributed by atoms with E-state index in [2.05, 4.69) is 0 Å². The smallest absolute Gasteiger partial charge is 0.229 e. The van der Waals surface area contributed by atoms with E-state index in [0.29, 0.717) is 22.6 Å². The molecular formula is C31H38O15. The van der Waals surface area contributed by atoms with Crippen molar-refractivity contribution >= 4 is 11.0 Å². The second-order valence-electron chi connectivity index (χ2n) is 11.1. The molecule has 2 fully saturated rings. The summed E-state index contributed by atoms with van der Waals surface area (Å²) in [6.45, 7) is 2.39. The van der Waals surface area contributed by atoms with Crippen molar-refractivity contribution in [2.24, 2.45) is 0 Å². The molecule has 2 aromatic carbocycles. The number of ether oxygens (including phenoxy) is 7. The highest BCUT2D eigenvalue weighted by Gasteiger charge is 2.51. The van der Waals surface area contributed by atoms with Crippen molar-refractivity contribution < 1.29 is 68.2 Å². The molecule has 15 nitrogen and oxygen atoms in total. The SMILES string of the molecule is COc1ccc(-c2coc3c(C)c(OC)cc(O[C@@H]4O[C@H](CO)[C@@H](O)[C@H](O)[C@H]4O[C@H]4O[C@@H](C)[C@H](O)[C@@H](O)[C@H]4O)c3c2=O)cc1OC. The summed E-state index contributed by atoms with van der Waals surface area (Å²) in [6.07, 6.45) is -14.2. The van der Waals surface area contributed by atoms with Crippen molar-refractivity contribution in [3.05, 3.63) is 46.3 Å². The van der Waals surface area contributed by atoms with Gasteiger partial charge in [0.15, 0.2) is 23.9 Å². The fourth-order valence-electron chi connectivity index (χ4n) is 5.59. The van der Waals surface area contributed by atoms with Gasteiger partial charge in [0.2, 0.25) is 11.7 Å². The molecule has 10 atom stereocenters. The summed E-state index contributed by atoms with van der Waals surface area (Å²) in [6, 6.07) is 6.29. The molecule has 2 saturated heterocycles. The Kier molecular flexibility index (Phi) is 10.1. The fourth-order valence-corrected chi connectivity index (χ4v) is 5.59. The van der Waals surface area contributed by atoms with E-state index in [1.54, 1.807) is 25.1 Å². The fraction of sp³-hybridized carbons (Fsp3) is 0.516. The second-order valence-corrected chi connectivity index (χ2v) is 11.1. The van der Waals surface area contributed by atoms with E-state index >= 15 is 0 Å². The van der Waals surface area contributed by atoms with Gasteiger partial charge >= 0.3 is 0 Å². The van der Waals surface area contributed by atoms with Crippen LogP contribution in [-0.2, 0) is 14.2 Å². The highest BCUT2D eigenvalue weighted by Crippen LogP contribution is 2.39. The number of aliphatic hydroxyl groups is 6. The minimum atomic E-state index is -1.77. The number of fused-ring (bicyclic) bond motifs is 1. The second kappa shape index (κ2) is 13.7. The standard InChI is InChI=1S/C31H38O15/c1-12-17(40-4)9-19(21-23(34)15(11-42-28(12)21)14-6-7-16(39-3)18(8-14)41-5)44-31-29(26(37)24(35)20(10-32)45-31)46-30-27(38)25(36)22(33)13(2)43-30/h6-9,11,13,20,22,24-27,29-33,35-38H,10H2,1-5H3/t13-,20+,22-,24+,25+,26-,27+,29+,30+,31+/m0/s1. The maximum atomic E-state index is 14.1. The highest BCUT2D eigenvalue weighted by molar-refractivity contribution is 5.91. The Hall–Kier alpha value is -3.51. The molecule has 3 heterocycles. The first kappa shape index (κ1) is 33.8. The van der Waals surface area contributed by atoms with E-state index in [0.717, 1.165) is 0 Å². The minimum absolute atomic E-state index is 0.0322. The third-order valence-corrected chi connectivity index (χ3v) is 8.29. The van der Waals surface area contributed by atoms with Gasteiger partial charge in [0.1, 0.15) is 65.4 Å². The van der Waals surface area contributed by atoms with Gasteiger partial charge in [-0.25, -0.2) is 0 Å². The zero-order chi connectivity index (χ0) is 33.4. The zero-order valence-corrected chi connectivity index (χ0v) is 25.7. The van der Waals surface area contributed by atoms with Gasteiger partial charge in [0.25, 0.3) is 0 Å². The van der Waals surface area contributed by atoms with Crippen molar-refractivity contribution in [1.29, 1.82) is 0 Å². The van der Waals surface area contributed by atoms with Crippen LogP contribution in [0.4, 0.5) is 0 Å². The van der Waals surface area contributed by atoms with Crippen LogP contribution in [0.5, 0.6) is 23.0 Å². The number of rotatable bonds is 9. The summed E-state index contributed by atoms with van der Waals surface area (Å²) in [5.41, 5.74) is 0.665. The van der Waals surface area contributed by atoms with Gasteiger partial charge in [-0.2, -0.15) is 0 Å². The summed E-state index contributed by atoms with van der Waals surface area (Å²) in [4.78, 5) is 14.1. The lowest BCUT2D eigenvalue weighted by Gasteiger charge is -2.45. The monoisotopic (exact) mass is 650 g/mol. The first-order chi connectivity index (χ1) is 21.9. The van der Waals surface area contributed by atoms with Gasteiger partial charge in [-0.05, 0) is 31.5 Å². The molecule has 5 rings (SSSR count). The maximum Gasteiger partial charge on any atom is 0.229 e. The van der Waals surface area contributed by atoms with E-state index in [1.807, 2.05) is 0 Å². The number of hydrogen-bond acceptors (Lipinski definition) is 15. The normalized spacial score (nSPS) is 31.5. The summed E-state index contributed by atoms with van der Waals surface area (Å²) in [5.74, 6) is 0.971. The summed E-state index contributed by atoms with van der Waals surface area (Å²) in [5, 5.41) is 62.5. The Morgan fingerprint density at radius 2 is 1.48 bits per heavy atom. The van der Waals surface area contributed by atoms with Crippen LogP contribution in [0.25, 0.3) is 22.1 Å². The largest absolute Gasteiger partial charge is 0.496 e. The number of methoxy groups -OCH3 is 3. The van der Waals surface area contributed by atoms with Gasteiger partial charge in [0.05, 0.1) is 39.6 Å². The van der Waals surface area contributed by atoms with Crippen LogP contribution in [0.2, 0.25) is 0 Å². The van der Waals surface area contributed by atoms with Crippen molar-refractivity contribution in [2.75, 3.05) is 27.9 Å².